The Hall–Kier alpha value is -1.42. The number of rotatable bonds is 3. The largest absolute Gasteiger partial charge is 0.338 e. The summed E-state index contributed by atoms with van der Waals surface area (Å²) < 4.78 is 5.19. The van der Waals surface area contributed by atoms with Crippen LogP contribution in [0.2, 0.25) is 0 Å². The summed E-state index contributed by atoms with van der Waals surface area (Å²) in [4.78, 5) is 8.85. The summed E-state index contributed by atoms with van der Waals surface area (Å²) >= 11 is 0. The van der Waals surface area contributed by atoms with Gasteiger partial charge in [0.15, 0.2) is 5.82 Å². The van der Waals surface area contributed by atoms with Gasteiger partial charge >= 0.3 is 0 Å². The van der Waals surface area contributed by atoms with Gasteiger partial charge in [0.25, 0.3) is 0 Å². The van der Waals surface area contributed by atoms with Crippen LogP contribution in [0.3, 0.4) is 0 Å². The van der Waals surface area contributed by atoms with Crippen LogP contribution < -0.4 is 5.73 Å². The Balaban J connectivity index is 2.11. The highest BCUT2D eigenvalue weighted by Crippen LogP contribution is 2.22. The molecular formula is C12H19N5O. The van der Waals surface area contributed by atoms with Crippen LogP contribution >= 0.6 is 0 Å². The number of piperazine rings is 1. The minimum absolute atomic E-state index is 0.152. The fourth-order valence-electron chi connectivity index (χ4n) is 2.04. The van der Waals surface area contributed by atoms with Crippen molar-refractivity contribution in [1.82, 2.24) is 19.9 Å². The third-order valence-electron chi connectivity index (χ3n) is 3.26. The summed E-state index contributed by atoms with van der Waals surface area (Å²) in [6.45, 7) is 2.93. The number of hydrogen-bond acceptors (Lipinski definition) is 6. The Bertz CT molecular complexity index is 438. The maximum Gasteiger partial charge on any atom is 0.244 e. The second-order valence-corrected chi connectivity index (χ2v) is 4.76. The van der Waals surface area contributed by atoms with Crippen molar-refractivity contribution in [3.8, 4) is 12.3 Å². The van der Waals surface area contributed by atoms with Crippen molar-refractivity contribution < 1.29 is 4.52 Å². The molecule has 2 heterocycles. The van der Waals surface area contributed by atoms with E-state index < -0.39 is 0 Å². The average Bonchev–Trinajstić information content (AvgIpc) is 2.82. The van der Waals surface area contributed by atoms with E-state index in [9.17, 15) is 0 Å². The maximum absolute atomic E-state index is 5.85. The van der Waals surface area contributed by atoms with Gasteiger partial charge in [0.05, 0.1) is 12.1 Å². The molecule has 0 amide bonds. The van der Waals surface area contributed by atoms with E-state index in [1.54, 1.807) is 0 Å². The normalized spacial score (nSPS) is 23.8. The fourth-order valence-corrected chi connectivity index (χ4v) is 2.04. The topological polar surface area (TPSA) is 71.4 Å². The van der Waals surface area contributed by atoms with E-state index in [0.29, 0.717) is 18.1 Å². The second kappa shape index (κ2) is 5.48. The molecule has 1 aliphatic rings. The zero-order chi connectivity index (χ0) is 13.1. The monoisotopic (exact) mass is 249 g/mol. The first-order chi connectivity index (χ1) is 8.61. The lowest BCUT2D eigenvalue weighted by Crippen LogP contribution is -2.45. The predicted octanol–water partition coefficient (Wildman–Crippen LogP) is 0.0110. The smallest absolute Gasteiger partial charge is 0.244 e. The molecule has 0 saturated carbocycles. The van der Waals surface area contributed by atoms with Gasteiger partial charge in [-0.05, 0) is 14.1 Å². The fraction of sp³-hybridized carbons (Fsp3) is 0.667. The van der Waals surface area contributed by atoms with Crippen molar-refractivity contribution in [2.75, 3.05) is 33.7 Å². The Morgan fingerprint density at radius 1 is 1.56 bits per heavy atom. The van der Waals surface area contributed by atoms with Gasteiger partial charge in [-0.3, -0.25) is 4.90 Å². The van der Waals surface area contributed by atoms with Gasteiger partial charge in [-0.2, -0.15) is 4.98 Å². The molecule has 1 aromatic rings. The lowest BCUT2D eigenvalue weighted by atomic mass is 10.1. The third-order valence-corrected chi connectivity index (χ3v) is 3.26. The minimum Gasteiger partial charge on any atom is -0.338 e. The summed E-state index contributed by atoms with van der Waals surface area (Å²) in [5.41, 5.74) is 5.85. The Morgan fingerprint density at radius 2 is 2.33 bits per heavy atom. The van der Waals surface area contributed by atoms with Crippen LogP contribution in [-0.2, 0) is 0 Å². The Labute approximate surface area is 107 Å². The van der Waals surface area contributed by atoms with Crippen LogP contribution in [0.25, 0.3) is 0 Å². The molecule has 1 aromatic heterocycles. The highest BCUT2D eigenvalue weighted by molar-refractivity contribution is 5.02. The average molecular weight is 249 g/mol. The molecule has 98 valence electrons. The van der Waals surface area contributed by atoms with E-state index in [-0.39, 0.29) is 12.1 Å². The predicted molar refractivity (Wildman–Crippen MR) is 67.5 cm³/mol. The standard InChI is InChI=1S/C12H19N5O/c1-4-5-9(13)12-14-11(15-18-12)10-8-16(2)6-7-17(10)3/h1,9-10H,5-8,13H2,2-3H3. The van der Waals surface area contributed by atoms with Crippen LogP contribution in [0.1, 0.15) is 30.2 Å². The molecule has 18 heavy (non-hydrogen) atoms. The number of terminal acetylenes is 1. The molecule has 2 rings (SSSR count). The lowest BCUT2D eigenvalue weighted by molar-refractivity contribution is 0.108. The summed E-state index contributed by atoms with van der Waals surface area (Å²) in [5.74, 6) is 3.61. The van der Waals surface area contributed by atoms with Gasteiger partial charge in [0.1, 0.15) is 0 Å². The van der Waals surface area contributed by atoms with Crippen molar-refractivity contribution in [3.63, 3.8) is 0 Å². The summed E-state index contributed by atoms with van der Waals surface area (Å²) in [6, 6.07) is -0.220. The molecule has 2 atom stereocenters. The van der Waals surface area contributed by atoms with Gasteiger partial charge in [-0.15, -0.1) is 12.3 Å². The number of hydrogen-bond donors (Lipinski definition) is 1. The summed E-state index contributed by atoms with van der Waals surface area (Å²) in [5, 5.41) is 4.03. The van der Waals surface area contributed by atoms with E-state index in [1.807, 2.05) is 0 Å². The molecule has 1 fully saturated rings. The summed E-state index contributed by atoms with van der Waals surface area (Å²) in [7, 11) is 4.15. The molecule has 0 spiro atoms. The highest BCUT2D eigenvalue weighted by atomic mass is 16.5. The van der Waals surface area contributed by atoms with Gasteiger partial charge in [-0.25, -0.2) is 0 Å². The molecule has 1 aliphatic heterocycles. The molecular weight excluding hydrogens is 230 g/mol. The van der Waals surface area contributed by atoms with Crippen molar-refractivity contribution in [2.24, 2.45) is 5.73 Å². The quantitative estimate of drug-likeness (QED) is 0.761. The third kappa shape index (κ3) is 2.70. The first kappa shape index (κ1) is 13.0. The number of nitrogens with two attached hydrogens (primary N) is 1. The van der Waals surface area contributed by atoms with E-state index in [0.717, 1.165) is 19.6 Å². The van der Waals surface area contributed by atoms with Crippen LogP contribution in [0.4, 0.5) is 0 Å². The number of aromatic nitrogens is 2. The molecule has 0 radical (unpaired) electrons. The minimum atomic E-state index is -0.372. The molecule has 6 heteroatoms. The van der Waals surface area contributed by atoms with Crippen LogP contribution in [0.5, 0.6) is 0 Å². The first-order valence-electron chi connectivity index (χ1n) is 6.03. The highest BCUT2D eigenvalue weighted by Gasteiger charge is 2.28. The maximum atomic E-state index is 5.85. The number of nitrogens with zero attached hydrogens (tertiary/aromatic N) is 4. The zero-order valence-electron chi connectivity index (χ0n) is 10.8. The van der Waals surface area contributed by atoms with E-state index in [4.69, 9.17) is 16.7 Å². The molecule has 6 nitrogen and oxygen atoms in total. The first-order valence-corrected chi connectivity index (χ1v) is 6.03. The molecule has 0 bridgehead atoms. The Kier molecular flexibility index (Phi) is 3.97. The van der Waals surface area contributed by atoms with Crippen molar-refractivity contribution in [1.29, 1.82) is 0 Å². The molecule has 2 unspecified atom stereocenters. The molecule has 1 saturated heterocycles. The summed E-state index contributed by atoms with van der Waals surface area (Å²) in [6.07, 6.45) is 5.63. The second-order valence-electron chi connectivity index (χ2n) is 4.76. The van der Waals surface area contributed by atoms with Crippen molar-refractivity contribution >= 4 is 0 Å². The molecule has 0 aromatic carbocycles. The van der Waals surface area contributed by atoms with Gasteiger partial charge < -0.3 is 15.2 Å². The number of likely N-dealkylation sites (N-methyl/N-ethyl adjacent to an activating group) is 2. The van der Waals surface area contributed by atoms with Crippen LogP contribution in [0.15, 0.2) is 4.52 Å². The van der Waals surface area contributed by atoms with Gasteiger partial charge in [0, 0.05) is 26.1 Å². The van der Waals surface area contributed by atoms with E-state index >= 15 is 0 Å². The lowest BCUT2D eigenvalue weighted by Gasteiger charge is -2.35. The molecule has 2 N–H and O–H groups in total. The van der Waals surface area contributed by atoms with Gasteiger partial charge in [-0.1, -0.05) is 5.16 Å². The Morgan fingerprint density at radius 3 is 3.06 bits per heavy atom. The van der Waals surface area contributed by atoms with Gasteiger partial charge in [0.2, 0.25) is 5.89 Å². The molecule has 0 aliphatic carbocycles. The van der Waals surface area contributed by atoms with Crippen molar-refractivity contribution in [3.05, 3.63) is 11.7 Å². The zero-order valence-corrected chi connectivity index (χ0v) is 10.8. The van der Waals surface area contributed by atoms with Crippen LogP contribution in [-0.4, -0.2) is 53.7 Å². The van der Waals surface area contributed by atoms with Crippen molar-refractivity contribution in [2.45, 2.75) is 18.5 Å². The van der Waals surface area contributed by atoms with Crippen LogP contribution in [0, 0.1) is 12.3 Å². The van der Waals surface area contributed by atoms with E-state index in [1.165, 1.54) is 0 Å². The van der Waals surface area contributed by atoms with E-state index in [2.05, 4.69) is 40.0 Å². The SMILES string of the molecule is C#CCC(N)c1nc(C2CN(C)CCN2C)no1.